The van der Waals surface area contributed by atoms with Gasteiger partial charge < -0.3 is 5.73 Å². The van der Waals surface area contributed by atoms with Crippen molar-refractivity contribution in [2.45, 2.75) is 45.2 Å². The van der Waals surface area contributed by atoms with Crippen molar-refractivity contribution in [2.24, 2.45) is 0 Å². The van der Waals surface area contributed by atoms with Gasteiger partial charge in [0.2, 0.25) is 0 Å². The number of nitrogens with zero attached hydrogens (tertiary/aromatic N) is 6. The third-order valence-electron chi connectivity index (χ3n) is 3.19. The second kappa shape index (κ2) is 4.08. The second-order valence-electron chi connectivity index (χ2n) is 5.01. The summed E-state index contributed by atoms with van der Waals surface area (Å²) in [5, 5.41) is 12.3. The van der Waals surface area contributed by atoms with Crippen LogP contribution in [0.3, 0.4) is 0 Å². The monoisotopic (exact) mass is 247 g/mol. The number of hydrogen-bond donors (Lipinski definition) is 1. The van der Waals surface area contributed by atoms with Gasteiger partial charge in [-0.2, -0.15) is 5.10 Å². The summed E-state index contributed by atoms with van der Waals surface area (Å²) in [6, 6.07) is 0.285. The lowest BCUT2D eigenvalue weighted by Crippen LogP contribution is -2.14. The topological polar surface area (TPSA) is 87.4 Å². The van der Waals surface area contributed by atoms with Crippen LogP contribution in [0.2, 0.25) is 0 Å². The van der Waals surface area contributed by atoms with E-state index >= 15 is 0 Å². The Kier molecular flexibility index (Phi) is 2.53. The Morgan fingerprint density at radius 3 is 2.89 bits per heavy atom. The summed E-state index contributed by atoms with van der Waals surface area (Å²) >= 11 is 0. The third-order valence-corrected chi connectivity index (χ3v) is 3.19. The fourth-order valence-corrected chi connectivity index (χ4v) is 2.18. The highest BCUT2D eigenvalue weighted by Gasteiger charge is 2.31. The van der Waals surface area contributed by atoms with Crippen LogP contribution >= 0.6 is 0 Å². The molecule has 2 heterocycles. The summed E-state index contributed by atoms with van der Waals surface area (Å²) in [6.45, 7) is 4.74. The molecule has 0 radical (unpaired) electrons. The molecule has 1 aliphatic rings. The minimum Gasteiger partial charge on any atom is -0.381 e. The molecular weight excluding hydrogens is 230 g/mol. The minimum absolute atomic E-state index is 0.285. The number of aromatic nitrogens is 6. The van der Waals surface area contributed by atoms with E-state index < -0.39 is 0 Å². The van der Waals surface area contributed by atoms with Crippen LogP contribution in [-0.4, -0.2) is 29.8 Å². The van der Waals surface area contributed by atoms with E-state index in [0.29, 0.717) is 18.3 Å². The van der Waals surface area contributed by atoms with Gasteiger partial charge >= 0.3 is 0 Å². The molecule has 1 aliphatic carbocycles. The average molecular weight is 247 g/mol. The molecule has 0 saturated heterocycles. The lowest BCUT2D eigenvalue weighted by atomic mass is 10.3. The predicted octanol–water partition coefficient (Wildman–Crippen LogP) is 0.958. The maximum absolute atomic E-state index is 5.87. The van der Waals surface area contributed by atoms with E-state index in [0.717, 1.165) is 11.5 Å². The Morgan fingerprint density at radius 2 is 2.22 bits per heavy atom. The molecule has 1 fully saturated rings. The number of anilines is 1. The first-order chi connectivity index (χ1) is 8.66. The van der Waals surface area contributed by atoms with Crippen molar-refractivity contribution in [2.75, 3.05) is 5.73 Å². The van der Waals surface area contributed by atoms with Gasteiger partial charge in [0.1, 0.15) is 18.7 Å². The average Bonchev–Trinajstić information content (AvgIpc) is 2.93. The Hall–Kier alpha value is -1.92. The van der Waals surface area contributed by atoms with Gasteiger partial charge in [0, 0.05) is 12.0 Å². The molecule has 0 bridgehead atoms. The van der Waals surface area contributed by atoms with Crippen LogP contribution in [0.1, 0.15) is 50.2 Å². The number of nitrogens with two attached hydrogens (primary N) is 1. The fourth-order valence-electron chi connectivity index (χ4n) is 2.18. The first kappa shape index (κ1) is 11.2. The summed E-state index contributed by atoms with van der Waals surface area (Å²) < 4.78 is 3.75. The maximum Gasteiger partial charge on any atom is 0.169 e. The number of rotatable bonds is 4. The van der Waals surface area contributed by atoms with Gasteiger partial charge in [-0.05, 0) is 26.7 Å². The van der Waals surface area contributed by atoms with Gasteiger partial charge in [0.25, 0.3) is 0 Å². The molecule has 2 aromatic rings. The fraction of sp³-hybridized carbons (Fsp3) is 0.636. The van der Waals surface area contributed by atoms with Crippen LogP contribution < -0.4 is 5.73 Å². The van der Waals surface area contributed by atoms with Crippen LogP contribution in [0.4, 0.5) is 5.82 Å². The van der Waals surface area contributed by atoms with Crippen LogP contribution in [0.25, 0.3) is 0 Å². The zero-order valence-corrected chi connectivity index (χ0v) is 10.6. The molecule has 0 unspecified atom stereocenters. The highest BCUT2D eigenvalue weighted by atomic mass is 15.5. The molecule has 2 N–H and O–H groups in total. The van der Waals surface area contributed by atoms with E-state index in [2.05, 4.69) is 34.2 Å². The Labute approximate surface area is 105 Å². The largest absolute Gasteiger partial charge is 0.381 e. The van der Waals surface area contributed by atoms with Crippen LogP contribution in [-0.2, 0) is 6.54 Å². The van der Waals surface area contributed by atoms with Gasteiger partial charge in [0.15, 0.2) is 5.82 Å². The molecule has 2 aromatic heterocycles. The summed E-state index contributed by atoms with van der Waals surface area (Å²) in [7, 11) is 0. The molecule has 0 spiro atoms. The Morgan fingerprint density at radius 1 is 1.44 bits per heavy atom. The number of nitrogen functional groups attached to an aromatic ring is 1. The molecule has 18 heavy (non-hydrogen) atoms. The van der Waals surface area contributed by atoms with E-state index in [9.17, 15) is 0 Å². The SMILES string of the molecule is CC(C)n1ncnc1Cn1nnc(N)c1C1CC1. The zero-order valence-electron chi connectivity index (χ0n) is 10.6. The van der Waals surface area contributed by atoms with Crippen LogP contribution in [0.5, 0.6) is 0 Å². The third kappa shape index (κ3) is 1.85. The van der Waals surface area contributed by atoms with Crippen LogP contribution in [0, 0.1) is 0 Å². The molecule has 1 saturated carbocycles. The van der Waals surface area contributed by atoms with E-state index in [-0.39, 0.29) is 6.04 Å². The van der Waals surface area contributed by atoms with Gasteiger partial charge in [0.05, 0.1) is 5.69 Å². The van der Waals surface area contributed by atoms with Gasteiger partial charge in [-0.25, -0.2) is 14.3 Å². The molecule has 96 valence electrons. The van der Waals surface area contributed by atoms with Gasteiger partial charge in [-0.15, -0.1) is 5.10 Å². The molecular formula is C11H17N7. The van der Waals surface area contributed by atoms with Gasteiger partial charge in [-0.3, -0.25) is 0 Å². The van der Waals surface area contributed by atoms with E-state index in [1.54, 1.807) is 6.33 Å². The van der Waals surface area contributed by atoms with E-state index in [1.165, 1.54) is 12.8 Å². The van der Waals surface area contributed by atoms with Crippen molar-refractivity contribution in [3.8, 4) is 0 Å². The first-order valence-electron chi connectivity index (χ1n) is 6.24. The molecule has 0 aliphatic heterocycles. The van der Waals surface area contributed by atoms with Crippen molar-refractivity contribution in [3.05, 3.63) is 17.8 Å². The molecule has 7 nitrogen and oxygen atoms in total. The van der Waals surface area contributed by atoms with E-state index in [4.69, 9.17) is 5.73 Å². The molecule has 0 atom stereocenters. The van der Waals surface area contributed by atoms with Crippen molar-refractivity contribution >= 4 is 5.82 Å². The minimum atomic E-state index is 0.285. The molecule has 0 amide bonds. The summed E-state index contributed by atoms with van der Waals surface area (Å²) in [6.07, 6.45) is 3.93. The summed E-state index contributed by atoms with van der Waals surface area (Å²) in [4.78, 5) is 4.29. The normalized spacial score (nSPS) is 15.5. The number of hydrogen-bond acceptors (Lipinski definition) is 5. The summed E-state index contributed by atoms with van der Waals surface area (Å²) in [5.74, 6) is 1.96. The lowest BCUT2D eigenvalue weighted by molar-refractivity contribution is 0.480. The second-order valence-corrected chi connectivity index (χ2v) is 5.01. The van der Waals surface area contributed by atoms with Crippen molar-refractivity contribution in [1.82, 2.24) is 29.8 Å². The van der Waals surface area contributed by atoms with Crippen molar-refractivity contribution < 1.29 is 0 Å². The molecule has 3 rings (SSSR count). The highest BCUT2D eigenvalue weighted by molar-refractivity contribution is 5.38. The maximum atomic E-state index is 5.87. The lowest BCUT2D eigenvalue weighted by Gasteiger charge is -2.10. The smallest absolute Gasteiger partial charge is 0.169 e. The van der Waals surface area contributed by atoms with Crippen LogP contribution in [0.15, 0.2) is 6.33 Å². The quantitative estimate of drug-likeness (QED) is 0.869. The van der Waals surface area contributed by atoms with Crippen molar-refractivity contribution in [1.29, 1.82) is 0 Å². The highest BCUT2D eigenvalue weighted by Crippen LogP contribution is 2.42. The predicted molar refractivity (Wildman–Crippen MR) is 65.9 cm³/mol. The van der Waals surface area contributed by atoms with Gasteiger partial charge in [-0.1, -0.05) is 5.21 Å². The Balaban J connectivity index is 1.90. The first-order valence-corrected chi connectivity index (χ1v) is 6.24. The standard InChI is InChI=1S/C11H17N7/c1-7(2)18-9(13-6-14-18)5-17-10(8-3-4-8)11(12)15-16-17/h6-8H,3-5,12H2,1-2H3. The zero-order chi connectivity index (χ0) is 12.7. The van der Waals surface area contributed by atoms with E-state index in [1.807, 2.05) is 9.36 Å². The Bertz CT molecular complexity index is 549. The summed E-state index contributed by atoms with van der Waals surface area (Å²) in [5.41, 5.74) is 6.92. The molecule has 7 heteroatoms. The molecule has 0 aromatic carbocycles. The van der Waals surface area contributed by atoms with Crippen molar-refractivity contribution in [3.63, 3.8) is 0 Å².